The second kappa shape index (κ2) is 4.19. The topological polar surface area (TPSA) is 21.3 Å². The molecule has 0 aromatic rings. The van der Waals surface area contributed by atoms with Gasteiger partial charge in [0.25, 0.3) is 0 Å². The first-order chi connectivity index (χ1) is 6.68. The molecule has 2 rings (SSSR count). The van der Waals surface area contributed by atoms with E-state index in [9.17, 15) is 0 Å². The van der Waals surface area contributed by atoms with Crippen LogP contribution in [0.5, 0.6) is 0 Å². The smallest absolute Gasteiger partial charge is 0.0554 e. The van der Waals surface area contributed by atoms with Crippen LogP contribution in [0.15, 0.2) is 0 Å². The maximum Gasteiger partial charge on any atom is 0.0554 e. The quantitative estimate of drug-likeness (QED) is 0.749. The van der Waals surface area contributed by atoms with E-state index in [1.807, 2.05) is 0 Å². The minimum Gasteiger partial charge on any atom is -0.380 e. The molecular formula is C12H23NO. The van der Waals surface area contributed by atoms with Crippen molar-refractivity contribution < 1.29 is 4.74 Å². The van der Waals surface area contributed by atoms with Crippen molar-refractivity contribution in [2.24, 2.45) is 11.3 Å². The first-order valence-corrected chi connectivity index (χ1v) is 5.99. The van der Waals surface area contributed by atoms with Crippen LogP contribution in [0.1, 0.15) is 39.5 Å². The van der Waals surface area contributed by atoms with Crippen molar-refractivity contribution in [1.29, 1.82) is 0 Å². The summed E-state index contributed by atoms with van der Waals surface area (Å²) in [6.07, 6.45) is 5.56. The Kier molecular flexibility index (Phi) is 3.13. The Hall–Kier alpha value is -0.0800. The van der Waals surface area contributed by atoms with E-state index in [1.54, 1.807) is 0 Å². The lowest BCUT2D eigenvalue weighted by Gasteiger charge is -2.40. The molecular weight excluding hydrogens is 174 g/mol. The lowest BCUT2D eigenvalue weighted by atomic mass is 9.85. The summed E-state index contributed by atoms with van der Waals surface area (Å²) in [6, 6.07) is 0.781. The largest absolute Gasteiger partial charge is 0.380 e. The average molecular weight is 197 g/mol. The summed E-state index contributed by atoms with van der Waals surface area (Å²) in [5, 5.41) is 3.70. The van der Waals surface area contributed by atoms with Gasteiger partial charge in [-0.05, 0) is 31.6 Å². The van der Waals surface area contributed by atoms with E-state index in [0.717, 1.165) is 31.7 Å². The Morgan fingerprint density at radius 2 is 1.86 bits per heavy atom. The SMILES string of the molecule is CC1CCC(NCC2(C)COC2)CC1. The lowest BCUT2D eigenvalue weighted by molar-refractivity contribution is -0.100. The summed E-state index contributed by atoms with van der Waals surface area (Å²) in [5.74, 6) is 0.954. The van der Waals surface area contributed by atoms with Gasteiger partial charge in [0.15, 0.2) is 0 Å². The Labute approximate surface area is 87.4 Å². The highest BCUT2D eigenvalue weighted by molar-refractivity contribution is 4.85. The van der Waals surface area contributed by atoms with E-state index < -0.39 is 0 Å². The monoisotopic (exact) mass is 197 g/mol. The summed E-state index contributed by atoms with van der Waals surface area (Å²) in [7, 11) is 0. The third kappa shape index (κ3) is 2.48. The average Bonchev–Trinajstić information content (AvgIpc) is 2.14. The van der Waals surface area contributed by atoms with Crippen LogP contribution in [-0.2, 0) is 4.74 Å². The van der Waals surface area contributed by atoms with Gasteiger partial charge in [-0.2, -0.15) is 0 Å². The van der Waals surface area contributed by atoms with E-state index >= 15 is 0 Å². The number of rotatable bonds is 3. The fourth-order valence-electron chi connectivity index (χ4n) is 2.41. The van der Waals surface area contributed by atoms with Crippen molar-refractivity contribution in [1.82, 2.24) is 5.32 Å². The minimum absolute atomic E-state index is 0.434. The van der Waals surface area contributed by atoms with Gasteiger partial charge in [-0.25, -0.2) is 0 Å². The summed E-state index contributed by atoms with van der Waals surface area (Å²) in [5.41, 5.74) is 0.434. The molecule has 0 aromatic heterocycles. The van der Waals surface area contributed by atoms with Gasteiger partial charge in [0.2, 0.25) is 0 Å². The minimum atomic E-state index is 0.434. The molecule has 2 nitrogen and oxygen atoms in total. The summed E-state index contributed by atoms with van der Waals surface area (Å²) in [6.45, 7) is 7.73. The first kappa shape index (κ1) is 10.4. The Morgan fingerprint density at radius 1 is 1.21 bits per heavy atom. The molecule has 1 aliphatic heterocycles. The molecule has 2 heteroatoms. The van der Waals surface area contributed by atoms with E-state index in [1.165, 1.54) is 25.7 Å². The summed E-state index contributed by atoms with van der Waals surface area (Å²) < 4.78 is 5.25. The molecule has 2 fully saturated rings. The van der Waals surface area contributed by atoms with E-state index in [4.69, 9.17) is 4.74 Å². The van der Waals surface area contributed by atoms with Crippen LogP contribution >= 0.6 is 0 Å². The van der Waals surface area contributed by atoms with Crippen LogP contribution in [0.25, 0.3) is 0 Å². The van der Waals surface area contributed by atoms with Crippen LogP contribution in [-0.4, -0.2) is 25.8 Å². The van der Waals surface area contributed by atoms with E-state index in [0.29, 0.717) is 5.41 Å². The van der Waals surface area contributed by atoms with Gasteiger partial charge in [0, 0.05) is 18.0 Å². The molecule has 0 amide bonds. The number of hydrogen-bond donors (Lipinski definition) is 1. The van der Waals surface area contributed by atoms with Gasteiger partial charge in [-0.1, -0.05) is 13.8 Å². The number of nitrogens with one attached hydrogen (secondary N) is 1. The zero-order valence-electron chi connectivity index (χ0n) is 9.51. The summed E-state index contributed by atoms with van der Waals surface area (Å²) >= 11 is 0. The van der Waals surface area contributed by atoms with Crippen LogP contribution in [0.2, 0.25) is 0 Å². The molecule has 0 bridgehead atoms. The zero-order chi connectivity index (χ0) is 10.0. The molecule has 82 valence electrons. The van der Waals surface area contributed by atoms with Gasteiger partial charge in [0.1, 0.15) is 0 Å². The maximum absolute atomic E-state index is 5.25. The molecule has 1 aliphatic carbocycles. The third-order valence-electron chi connectivity index (χ3n) is 3.73. The second-order valence-electron chi connectivity index (χ2n) is 5.64. The molecule has 0 aromatic carbocycles. The molecule has 0 atom stereocenters. The first-order valence-electron chi connectivity index (χ1n) is 5.99. The predicted octanol–water partition coefficient (Wildman–Crippen LogP) is 2.19. The van der Waals surface area contributed by atoms with Gasteiger partial charge in [0.05, 0.1) is 13.2 Å². The van der Waals surface area contributed by atoms with Gasteiger partial charge in [-0.15, -0.1) is 0 Å². The van der Waals surface area contributed by atoms with Crippen molar-refractivity contribution in [2.75, 3.05) is 19.8 Å². The Balaban J connectivity index is 1.65. The second-order valence-corrected chi connectivity index (χ2v) is 5.64. The van der Waals surface area contributed by atoms with Gasteiger partial charge in [-0.3, -0.25) is 0 Å². The molecule has 0 radical (unpaired) electrons. The molecule has 0 spiro atoms. The zero-order valence-corrected chi connectivity index (χ0v) is 9.51. The fourth-order valence-corrected chi connectivity index (χ4v) is 2.41. The van der Waals surface area contributed by atoms with Crippen molar-refractivity contribution in [3.8, 4) is 0 Å². The standard InChI is InChI=1S/C12H23NO/c1-10-3-5-11(6-4-10)13-7-12(2)8-14-9-12/h10-11,13H,3-9H2,1-2H3. The van der Waals surface area contributed by atoms with E-state index in [2.05, 4.69) is 19.2 Å². The fraction of sp³-hybridized carbons (Fsp3) is 1.00. The Morgan fingerprint density at radius 3 is 2.36 bits per heavy atom. The van der Waals surface area contributed by atoms with Crippen LogP contribution in [0, 0.1) is 11.3 Å². The molecule has 1 N–H and O–H groups in total. The number of hydrogen-bond acceptors (Lipinski definition) is 2. The lowest BCUT2D eigenvalue weighted by Crippen LogP contribution is -2.50. The Bertz CT molecular complexity index is 181. The molecule has 1 saturated carbocycles. The van der Waals surface area contributed by atoms with Gasteiger partial charge >= 0.3 is 0 Å². The molecule has 0 unspecified atom stereocenters. The summed E-state index contributed by atoms with van der Waals surface area (Å²) in [4.78, 5) is 0. The predicted molar refractivity (Wildman–Crippen MR) is 58.3 cm³/mol. The third-order valence-corrected chi connectivity index (χ3v) is 3.73. The molecule has 1 heterocycles. The molecule has 2 aliphatic rings. The highest BCUT2D eigenvalue weighted by atomic mass is 16.5. The molecule has 1 saturated heterocycles. The maximum atomic E-state index is 5.25. The van der Waals surface area contributed by atoms with Crippen LogP contribution in [0.3, 0.4) is 0 Å². The normalized spacial score (nSPS) is 36.4. The van der Waals surface area contributed by atoms with Crippen molar-refractivity contribution in [3.63, 3.8) is 0 Å². The number of ether oxygens (including phenoxy) is 1. The van der Waals surface area contributed by atoms with Crippen LogP contribution < -0.4 is 5.32 Å². The van der Waals surface area contributed by atoms with Crippen LogP contribution in [0.4, 0.5) is 0 Å². The van der Waals surface area contributed by atoms with Crippen molar-refractivity contribution in [2.45, 2.75) is 45.6 Å². The highest BCUT2D eigenvalue weighted by Crippen LogP contribution is 2.27. The van der Waals surface area contributed by atoms with Gasteiger partial charge < -0.3 is 10.1 Å². The van der Waals surface area contributed by atoms with Crippen molar-refractivity contribution in [3.05, 3.63) is 0 Å². The molecule has 14 heavy (non-hydrogen) atoms. The van der Waals surface area contributed by atoms with Crippen molar-refractivity contribution >= 4 is 0 Å². The highest BCUT2D eigenvalue weighted by Gasteiger charge is 2.33. The van der Waals surface area contributed by atoms with E-state index in [-0.39, 0.29) is 0 Å².